The van der Waals surface area contributed by atoms with E-state index in [1.54, 1.807) is 6.92 Å². The van der Waals surface area contributed by atoms with E-state index >= 15 is 0 Å². The van der Waals surface area contributed by atoms with E-state index in [1.807, 2.05) is 24.3 Å². The predicted molar refractivity (Wildman–Crippen MR) is 101 cm³/mol. The van der Waals surface area contributed by atoms with E-state index < -0.39 is 5.97 Å². The zero-order valence-corrected chi connectivity index (χ0v) is 15.6. The van der Waals surface area contributed by atoms with Gasteiger partial charge in [-0.05, 0) is 67.7 Å². The molecule has 0 unspecified atom stereocenters. The number of carbonyl (C=O) groups excluding carboxylic acids is 1. The van der Waals surface area contributed by atoms with Gasteiger partial charge in [0, 0.05) is 12.4 Å². The number of ether oxygens (including phenoxy) is 1. The largest absolute Gasteiger partial charge is 0.550 e. The Morgan fingerprint density at radius 1 is 1.19 bits per heavy atom. The molecule has 0 aromatic heterocycles. The summed E-state index contributed by atoms with van der Waals surface area (Å²) in [4.78, 5) is 10.9. The van der Waals surface area contributed by atoms with Gasteiger partial charge in [0.25, 0.3) is 0 Å². The lowest BCUT2D eigenvalue weighted by Gasteiger charge is -2.31. The van der Waals surface area contributed by atoms with Crippen LogP contribution in [0.1, 0.15) is 69.8 Å². The number of hydrogen-bond acceptors (Lipinski definition) is 3. The second kappa shape index (κ2) is 8.45. The molecular weight excluding hydrogens is 324 g/mol. The van der Waals surface area contributed by atoms with Gasteiger partial charge in [-0.1, -0.05) is 37.0 Å². The van der Waals surface area contributed by atoms with Crippen molar-refractivity contribution in [3.8, 4) is 17.6 Å². The van der Waals surface area contributed by atoms with Gasteiger partial charge < -0.3 is 14.6 Å². The van der Waals surface area contributed by atoms with Gasteiger partial charge in [-0.2, -0.15) is 0 Å². The monoisotopic (exact) mass is 351 g/mol. The van der Waals surface area contributed by atoms with Gasteiger partial charge in [0.15, 0.2) is 0 Å². The van der Waals surface area contributed by atoms with Crippen molar-refractivity contribution in [2.75, 3.05) is 6.61 Å². The third-order valence-corrected chi connectivity index (χ3v) is 5.68. The Bertz CT molecular complexity index is 712. The molecule has 0 aliphatic heterocycles. The Kier molecular flexibility index (Phi) is 6.04. The molecule has 3 heteroatoms. The third kappa shape index (κ3) is 4.69. The van der Waals surface area contributed by atoms with Gasteiger partial charge in [0.05, 0.1) is 5.92 Å². The molecule has 0 bridgehead atoms. The van der Waals surface area contributed by atoms with Crippen molar-refractivity contribution >= 4 is 5.97 Å². The minimum atomic E-state index is -1.08. The van der Waals surface area contributed by atoms with E-state index in [0.29, 0.717) is 12.0 Å². The van der Waals surface area contributed by atoms with Crippen LogP contribution in [0.4, 0.5) is 0 Å². The van der Waals surface area contributed by atoms with E-state index in [1.165, 1.54) is 44.1 Å². The van der Waals surface area contributed by atoms with Crippen molar-refractivity contribution in [3.05, 3.63) is 41.5 Å². The molecule has 0 saturated heterocycles. The number of rotatable bonds is 6. The first-order chi connectivity index (χ1) is 12.6. The number of carboxylic acid groups (broad SMARTS) is 1. The number of allylic oxidation sites excluding steroid dienone is 1. The summed E-state index contributed by atoms with van der Waals surface area (Å²) in [6, 6.07) is 7.62. The van der Waals surface area contributed by atoms with Gasteiger partial charge >= 0.3 is 0 Å². The molecule has 3 nitrogen and oxygen atoms in total. The van der Waals surface area contributed by atoms with Crippen molar-refractivity contribution < 1.29 is 14.6 Å². The normalized spacial score (nSPS) is 19.3. The molecule has 1 aromatic carbocycles. The molecule has 2 aliphatic rings. The number of hydrogen-bond donors (Lipinski definition) is 0. The highest BCUT2D eigenvalue weighted by Gasteiger charge is 2.33. The molecule has 26 heavy (non-hydrogen) atoms. The first kappa shape index (κ1) is 18.6. The Hall–Kier alpha value is -2.21. The zero-order chi connectivity index (χ0) is 18.4. The maximum Gasteiger partial charge on any atom is 0.119 e. The molecule has 3 rings (SSSR count). The van der Waals surface area contributed by atoms with Gasteiger partial charge in [-0.25, -0.2) is 0 Å². The number of carbonyl (C=O) groups is 1. The van der Waals surface area contributed by atoms with E-state index in [0.717, 1.165) is 17.7 Å². The molecule has 1 atom stereocenters. The highest BCUT2D eigenvalue weighted by atomic mass is 16.5. The van der Waals surface area contributed by atoms with E-state index in [9.17, 15) is 9.90 Å². The molecule has 1 aromatic rings. The van der Waals surface area contributed by atoms with Crippen LogP contribution in [-0.4, -0.2) is 12.6 Å². The Balaban J connectivity index is 1.61. The summed E-state index contributed by atoms with van der Waals surface area (Å²) in [5, 5.41) is 10.9. The average molecular weight is 351 g/mol. The van der Waals surface area contributed by atoms with Crippen LogP contribution in [0.5, 0.6) is 5.75 Å². The van der Waals surface area contributed by atoms with Crippen molar-refractivity contribution in [1.29, 1.82) is 0 Å². The SMILES string of the molecule is CC#C[C@@H](CC(=O)[O-])c1ccc(OCC2=CC3(CCCC3)CCC2)cc1. The molecule has 0 amide bonds. The summed E-state index contributed by atoms with van der Waals surface area (Å²) in [6.07, 6.45) is 11.6. The van der Waals surface area contributed by atoms with E-state index in [2.05, 4.69) is 17.9 Å². The molecule has 0 N–H and O–H groups in total. The number of aliphatic carboxylic acids is 1. The third-order valence-electron chi connectivity index (χ3n) is 5.68. The fourth-order valence-corrected chi connectivity index (χ4v) is 4.40. The summed E-state index contributed by atoms with van der Waals surface area (Å²) < 4.78 is 5.99. The van der Waals surface area contributed by atoms with Crippen molar-refractivity contribution in [2.45, 2.75) is 64.2 Å². The van der Waals surface area contributed by atoms with Crippen molar-refractivity contribution in [3.63, 3.8) is 0 Å². The number of benzene rings is 1. The summed E-state index contributed by atoms with van der Waals surface area (Å²) in [5.41, 5.74) is 2.77. The zero-order valence-electron chi connectivity index (χ0n) is 15.6. The molecular formula is C23H27O3-. The summed E-state index contributed by atoms with van der Waals surface area (Å²) in [5.74, 6) is 5.14. The minimum Gasteiger partial charge on any atom is -0.550 e. The summed E-state index contributed by atoms with van der Waals surface area (Å²) in [6.45, 7) is 2.37. The second-order valence-electron chi connectivity index (χ2n) is 7.61. The molecule has 0 radical (unpaired) electrons. The molecule has 0 heterocycles. The Labute approximate surface area is 156 Å². The van der Waals surface area contributed by atoms with Gasteiger partial charge in [0.2, 0.25) is 0 Å². The van der Waals surface area contributed by atoms with Crippen LogP contribution in [0.3, 0.4) is 0 Å². The molecule has 1 fully saturated rings. The predicted octanol–water partition coefficient (Wildman–Crippen LogP) is 3.98. The highest BCUT2D eigenvalue weighted by Crippen LogP contribution is 2.47. The van der Waals surface area contributed by atoms with Crippen LogP contribution in [0.15, 0.2) is 35.9 Å². The molecule has 2 aliphatic carbocycles. The fourth-order valence-electron chi connectivity index (χ4n) is 4.40. The Morgan fingerprint density at radius 2 is 1.88 bits per heavy atom. The summed E-state index contributed by atoms with van der Waals surface area (Å²) >= 11 is 0. The molecule has 1 saturated carbocycles. The lowest BCUT2D eigenvalue weighted by atomic mass is 9.75. The quantitative estimate of drug-likeness (QED) is 0.575. The lowest BCUT2D eigenvalue weighted by Crippen LogP contribution is -2.24. The maximum absolute atomic E-state index is 10.9. The van der Waals surface area contributed by atoms with E-state index in [4.69, 9.17) is 4.74 Å². The fraction of sp³-hybridized carbons (Fsp3) is 0.522. The van der Waals surface area contributed by atoms with E-state index in [-0.39, 0.29) is 12.3 Å². The lowest BCUT2D eigenvalue weighted by molar-refractivity contribution is -0.305. The van der Waals surface area contributed by atoms with Crippen LogP contribution in [-0.2, 0) is 4.79 Å². The smallest absolute Gasteiger partial charge is 0.119 e. The minimum absolute atomic E-state index is 0.0873. The summed E-state index contributed by atoms with van der Waals surface area (Å²) in [7, 11) is 0. The van der Waals surface area contributed by atoms with Crippen molar-refractivity contribution in [1.82, 2.24) is 0 Å². The average Bonchev–Trinajstić information content (AvgIpc) is 3.07. The maximum atomic E-state index is 10.9. The molecule has 138 valence electrons. The van der Waals surface area contributed by atoms with Crippen LogP contribution in [0.25, 0.3) is 0 Å². The molecule has 1 spiro atoms. The van der Waals surface area contributed by atoms with Crippen LogP contribution >= 0.6 is 0 Å². The van der Waals surface area contributed by atoms with Crippen LogP contribution in [0, 0.1) is 17.3 Å². The van der Waals surface area contributed by atoms with Gasteiger partial charge in [-0.15, -0.1) is 5.92 Å². The standard InChI is InChI=1S/C23H28O3/c1-2-6-20(15-22(24)25)19-8-10-21(11-9-19)26-17-18-7-5-14-23(16-18)12-3-4-13-23/h8-11,16,20H,3-5,7,12-15,17H2,1H3,(H,24,25)/p-1/t20-/m0/s1. The Morgan fingerprint density at radius 3 is 2.54 bits per heavy atom. The number of carboxylic acids is 1. The van der Waals surface area contributed by atoms with Crippen molar-refractivity contribution in [2.24, 2.45) is 5.41 Å². The van der Waals surface area contributed by atoms with Gasteiger partial charge in [-0.3, -0.25) is 0 Å². The van der Waals surface area contributed by atoms with Crippen LogP contribution in [0.2, 0.25) is 0 Å². The first-order valence-electron chi connectivity index (χ1n) is 9.66. The second-order valence-corrected chi connectivity index (χ2v) is 7.61. The van der Waals surface area contributed by atoms with Crippen LogP contribution < -0.4 is 9.84 Å². The van der Waals surface area contributed by atoms with Gasteiger partial charge in [0.1, 0.15) is 12.4 Å². The first-order valence-corrected chi connectivity index (χ1v) is 9.66. The topological polar surface area (TPSA) is 49.4 Å². The highest BCUT2D eigenvalue weighted by molar-refractivity contribution is 5.66.